The molecule has 2 aromatic carbocycles. The standard InChI is InChI=1S/C26H30N2O5S/c1-34-13-12-22(25(31)27-23(14-24(29)30)16-10-11-16)28-26(32)33-15-21-19-8-4-2-6-17(19)18-7-3-5-9-20(18)21/h2-9,16,21-23H,10-15H2,1H3,(H,27,31)(H,28,32)(H,29,30)/t22-,23?/m0/s1. The Bertz CT molecular complexity index is 1010. The summed E-state index contributed by atoms with van der Waals surface area (Å²) in [6.07, 6.45) is 3.42. The van der Waals surface area contributed by atoms with Crippen molar-refractivity contribution >= 4 is 29.7 Å². The van der Waals surface area contributed by atoms with Crippen LogP contribution >= 0.6 is 11.8 Å². The van der Waals surface area contributed by atoms with Crippen LogP contribution in [-0.2, 0) is 14.3 Å². The lowest BCUT2D eigenvalue weighted by Crippen LogP contribution is -2.51. The lowest BCUT2D eigenvalue weighted by Gasteiger charge is -2.23. The van der Waals surface area contributed by atoms with Gasteiger partial charge in [-0.05, 0) is 59.4 Å². The first-order chi connectivity index (χ1) is 16.5. The van der Waals surface area contributed by atoms with E-state index < -0.39 is 24.1 Å². The van der Waals surface area contributed by atoms with Crippen LogP contribution in [-0.4, -0.2) is 53.8 Å². The highest BCUT2D eigenvalue weighted by Gasteiger charge is 2.35. The van der Waals surface area contributed by atoms with Gasteiger partial charge in [0.25, 0.3) is 0 Å². The number of alkyl carbamates (subject to hydrolysis) is 1. The number of hydrogen-bond acceptors (Lipinski definition) is 5. The number of carbonyl (C=O) groups is 3. The van der Waals surface area contributed by atoms with Gasteiger partial charge in [-0.15, -0.1) is 0 Å². The van der Waals surface area contributed by atoms with Crippen molar-refractivity contribution in [2.24, 2.45) is 5.92 Å². The van der Waals surface area contributed by atoms with Gasteiger partial charge in [0, 0.05) is 12.0 Å². The molecule has 1 saturated carbocycles. The van der Waals surface area contributed by atoms with Crippen LogP contribution in [0.25, 0.3) is 11.1 Å². The number of thioether (sulfide) groups is 1. The summed E-state index contributed by atoms with van der Waals surface area (Å²) in [6, 6.07) is 15.0. The van der Waals surface area contributed by atoms with Gasteiger partial charge in [0.15, 0.2) is 0 Å². The van der Waals surface area contributed by atoms with E-state index in [1.165, 1.54) is 0 Å². The van der Waals surface area contributed by atoms with Crippen molar-refractivity contribution < 1.29 is 24.2 Å². The van der Waals surface area contributed by atoms with Crippen LogP contribution in [0.4, 0.5) is 4.79 Å². The van der Waals surface area contributed by atoms with E-state index in [-0.39, 0.29) is 30.8 Å². The summed E-state index contributed by atoms with van der Waals surface area (Å²) in [4.78, 5) is 36.8. The molecule has 0 aliphatic heterocycles. The Morgan fingerprint density at radius 1 is 1.03 bits per heavy atom. The van der Waals surface area contributed by atoms with E-state index in [9.17, 15) is 14.4 Å². The molecule has 7 nitrogen and oxygen atoms in total. The number of carbonyl (C=O) groups excluding carboxylic acids is 2. The van der Waals surface area contributed by atoms with E-state index in [4.69, 9.17) is 9.84 Å². The van der Waals surface area contributed by atoms with Gasteiger partial charge in [0.2, 0.25) is 5.91 Å². The van der Waals surface area contributed by atoms with Crippen LogP contribution in [0, 0.1) is 5.92 Å². The molecular weight excluding hydrogens is 452 g/mol. The molecule has 0 bridgehead atoms. The number of hydrogen-bond donors (Lipinski definition) is 3. The fourth-order valence-corrected chi connectivity index (χ4v) is 5.06. The predicted molar refractivity (Wildman–Crippen MR) is 132 cm³/mol. The molecule has 8 heteroatoms. The third kappa shape index (κ3) is 5.73. The predicted octanol–water partition coefficient (Wildman–Crippen LogP) is 4.02. The minimum Gasteiger partial charge on any atom is -0.481 e. The summed E-state index contributed by atoms with van der Waals surface area (Å²) in [6.45, 7) is 0.167. The zero-order chi connectivity index (χ0) is 24.1. The maximum Gasteiger partial charge on any atom is 0.407 e. The third-order valence-electron chi connectivity index (χ3n) is 6.48. The molecule has 34 heavy (non-hydrogen) atoms. The molecule has 0 spiro atoms. The molecule has 0 saturated heterocycles. The number of benzene rings is 2. The SMILES string of the molecule is CSCC[C@H](NC(=O)OCC1c2ccccc2-c2ccccc21)C(=O)NC(CC(=O)O)C1CC1. The van der Waals surface area contributed by atoms with Crippen LogP contribution in [0.5, 0.6) is 0 Å². The summed E-state index contributed by atoms with van der Waals surface area (Å²) in [7, 11) is 0. The van der Waals surface area contributed by atoms with E-state index in [1.54, 1.807) is 11.8 Å². The van der Waals surface area contributed by atoms with Gasteiger partial charge in [0.1, 0.15) is 12.6 Å². The Morgan fingerprint density at radius 2 is 1.65 bits per heavy atom. The van der Waals surface area contributed by atoms with Crippen LogP contribution < -0.4 is 10.6 Å². The van der Waals surface area contributed by atoms with Gasteiger partial charge in [0.05, 0.1) is 6.42 Å². The third-order valence-corrected chi connectivity index (χ3v) is 7.12. The Kier molecular flexibility index (Phi) is 7.77. The normalized spacial score (nSPS) is 16.1. The second-order valence-electron chi connectivity index (χ2n) is 8.85. The first kappa shape index (κ1) is 24.1. The molecule has 4 rings (SSSR count). The number of ether oxygens (including phenoxy) is 1. The van der Waals surface area contributed by atoms with Crippen LogP contribution in [0.15, 0.2) is 48.5 Å². The molecule has 0 heterocycles. The number of carboxylic acids is 1. The average Bonchev–Trinajstić information content (AvgIpc) is 3.63. The summed E-state index contributed by atoms with van der Waals surface area (Å²) >= 11 is 1.57. The highest BCUT2D eigenvalue weighted by Crippen LogP contribution is 2.44. The maximum atomic E-state index is 12.9. The quantitative estimate of drug-likeness (QED) is 0.447. The fourth-order valence-electron chi connectivity index (χ4n) is 4.59. The zero-order valence-corrected chi connectivity index (χ0v) is 20.0. The monoisotopic (exact) mass is 482 g/mol. The lowest BCUT2D eigenvalue weighted by atomic mass is 9.98. The molecule has 2 aliphatic rings. The van der Waals surface area contributed by atoms with Crippen LogP contribution in [0.1, 0.15) is 42.7 Å². The summed E-state index contributed by atoms with van der Waals surface area (Å²) in [5.41, 5.74) is 4.53. The Morgan fingerprint density at radius 3 is 2.21 bits per heavy atom. The minimum atomic E-state index is -0.942. The van der Waals surface area contributed by atoms with Gasteiger partial charge < -0.3 is 20.5 Å². The van der Waals surface area contributed by atoms with Crippen molar-refractivity contribution in [2.75, 3.05) is 18.6 Å². The van der Waals surface area contributed by atoms with Crippen molar-refractivity contribution in [2.45, 2.75) is 43.7 Å². The maximum absolute atomic E-state index is 12.9. The number of rotatable bonds is 11. The van der Waals surface area contributed by atoms with Gasteiger partial charge in [-0.2, -0.15) is 11.8 Å². The lowest BCUT2D eigenvalue weighted by molar-refractivity contribution is -0.138. The number of fused-ring (bicyclic) bond motifs is 3. The fraction of sp³-hybridized carbons (Fsp3) is 0.423. The molecule has 1 unspecified atom stereocenters. The Balaban J connectivity index is 1.38. The van der Waals surface area contributed by atoms with E-state index in [0.29, 0.717) is 12.2 Å². The molecule has 0 aromatic heterocycles. The number of nitrogens with one attached hydrogen (secondary N) is 2. The highest BCUT2D eigenvalue weighted by molar-refractivity contribution is 7.98. The second-order valence-corrected chi connectivity index (χ2v) is 9.84. The first-order valence-corrected chi connectivity index (χ1v) is 13.0. The molecule has 2 aliphatic carbocycles. The van der Waals surface area contributed by atoms with Crippen molar-refractivity contribution in [3.63, 3.8) is 0 Å². The van der Waals surface area contributed by atoms with Crippen molar-refractivity contribution in [1.82, 2.24) is 10.6 Å². The van der Waals surface area contributed by atoms with Crippen molar-refractivity contribution in [3.05, 3.63) is 59.7 Å². The van der Waals surface area contributed by atoms with Crippen molar-refractivity contribution in [3.8, 4) is 11.1 Å². The van der Waals surface area contributed by atoms with Crippen LogP contribution in [0.2, 0.25) is 0 Å². The van der Waals surface area contributed by atoms with Crippen LogP contribution in [0.3, 0.4) is 0 Å². The molecule has 3 N–H and O–H groups in total. The highest BCUT2D eigenvalue weighted by atomic mass is 32.2. The van der Waals surface area contributed by atoms with E-state index in [0.717, 1.165) is 35.1 Å². The first-order valence-electron chi connectivity index (χ1n) is 11.6. The van der Waals surface area contributed by atoms with E-state index in [2.05, 4.69) is 34.9 Å². The Hall–Kier alpha value is -3.00. The average molecular weight is 483 g/mol. The van der Waals surface area contributed by atoms with Gasteiger partial charge >= 0.3 is 12.1 Å². The Labute approximate surface area is 203 Å². The largest absolute Gasteiger partial charge is 0.481 e. The van der Waals surface area contributed by atoms with Gasteiger partial charge in [-0.1, -0.05) is 48.5 Å². The second kappa shape index (κ2) is 11.0. The molecule has 2 atom stereocenters. The number of carboxylic acid groups (broad SMARTS) is 1. The van der Waals surface area contributed by atoms with Gasteiger partial charge in [-0.25, -0.2) is 4.79 Å². The minimum absolute atomic E-state index is 0.0635. The number of amides is 2. The molecule has 180 valence electrons. The van der Waals surface area contributed by atoms with Crippen molar-refractivity contribution in [1.29, 1.82) is 0 Å². The molecular formula is C26H30N2O5S. The molecule has 1 fully saturated rings. The zero-order valence-electron chi connectivity index (χ0n) is 19.2. The topological polar surface area (TPSA) is 105 Å². The summed E-state index contributed by atoms with van der Waals surface area (Å²) < 4.78 is 5.60. The molecule has 2 aromatic rings. The van der Waals surface area contributed by atoms with Gasteiger partial charge in [-0.3, -0.25) is 9.59 Å². The summed E-state index contributed by atoms with van der Waals surface area (Å²) in [5.74, 6) is -0.500. The number of aliphatic carboxylic acids is 1. The molecule has 0 radical (unpaired) electrons. The summed E-state index contributed by atoms with van der Waals surface area (Å²) in [5, 5.41) is 14.7. The van der Waals surface area contributed by atoms with E-state index >= 15 is 0 Å². The van der Waals surface area contributed by atoms with E-state index in [1.807, 2.05) is 30.5 Å². The smallest absolute Gasteiger partial charge is 0.407 e. The molecule has 2 amide bonds.